The van der Waals surface area contributed by atoms with Gasteiger partial charge in [-0.1, -0.05) is 36.4 Å². The lowest BCUT2D eigenvalue weighted by Crippen LogP contribution is -2.24. The van der Waals surface area contributed by atoms with Gasteiger partial charge in [0, 0.05) is 11.6 Å². The number of halogens is 2. The van der Waals surface area contributed by atoms with Crippen LogP contribution in [0.25, 0.3) is 0 Å². The Morgan fingerprint density at radius 3 is 2.20 bits per heavy atom. The predicted molar refractivity (Wildman–Crippen MR) is 77.4 cm³/mol. The van der Waals surface area contributed by atoms with E-state index < -0.39 is 11.6 Å². The molecule has 0 spiro atoms. The summed E-state index contributed by atoms with van der Waals surface area (Å²) in [5, 5.41) is 0. The van der Waals surface area contributed by atoms with E-state index >= 15 is 0 Å². The van der Waals surface area contributed by atoms with Crippen LogP contribution in [0.5, 0.6) is 0 Å². The molecule has 0 amide bonds. The zero-order valence-electron chi connectivity index (χ0n) is 11.4. The summed E-state index contributed by atoms with van der Waals surface area (Å²) in [6.45, 7) is 0. The maximum Gasteiger partial charge on any atom is 0.129 e. The molecule has 1 nitrogen and oxygen atoms in total. The minimum atomic E-state index is -0.511. The van der Waals surface area contributed by atoms with Crippen LogP contribution < -0.4 is 5.73 Å². The molecular weight excluding hydrogens is 256 g/mol. The minimum Gasteiger partial charge on any atom is -0.327 e. The first-order chi connectivity index (χ1) is 9.66. The molecule has 0 aliphatic carbocycles. The van der Waals surface area contributed by atoms with Crippen molar-refractivity contribution in [2.75, 3.05) is 0 Å². The van der Waals surface area contributed by atoms with Crippen LogP contribution in [0.1, 0.15) is 24.0 Å². The van der Waals surface area contributed by atoms with E-state index in [-0.39, 0.29) is 18.0 Å². The van der Waals surface area contributed by atoms with E-state index in [2.05, 4.69) is 12.1 Å². The van der Waals surface area contributed by atoms with Crippen LogP contribution in [0.3, 0.4) is 0 Å². The van der Waals surface area contributed by atoms with Crippen molar-refractivity contribution < 1.29 is 8.78 Å². The Bertz CT molecular complexity index is 520. The Hall–Kier alpha value is -1.74. The van der Waals surface area contributed by atoms with Gasteiger partial charge in [0.15, 0.2) is 0 Å². The standard InChI is InChI=1S/C17H19F2N/c18-16-10-5-11-17(19)15(16)12-14(20)9-4-8-13-6-2-1-3-7-13/h1-3,5-7,10-11,14H,4,8-9,12,20H2. The van der Waals surface area contributed by atoms with E-state index in [1.165, 1.54) is 23.8 Å². The average Bonchev–Trinajstić information content (AvgIpc) is 2.44. The molecule has 0 aliphatic rings. The molecule has 0 fully saturated rings. The van der Waals surface area contributed by atoms with Crippen molar-refractivity contribution in [3.8, 4) is 0 Å². The molecule has 0 heterocycles. The normalized spacial score (nSPS) is 12.3. The molecule has 20 heavy (non-hydrogen) atoms. The Kier molecular flexibility index (Phi) is 5.24. The summed E-state index contributed by atoms with van der Waals surface area (Å²) in [4.78, 5) is 0. The second kappa shape index (κ2) is 7.15. The molecule has 2 aromatic carbocycles. The second-order valence-corrected chi connectivity index (χ2v) is 5.04. The molecule has 0 saturated carbocycles. The number of nitrogens with two attached hydrogens (primary N) is 1. The molecule has 0 aliphatic heterocycles. The van der Waals surface area contributed by atoms with Gasteiger partial charge in [-0.2, -0.15) is 0 Å². The zero-order valence-corrected chi connectivity index (χ0v) is 11.4. The number of hydrogen-bond donors (Lipinski definition) is 1. The highest BCUT2D eigenvalue weighted by Crippen LogP contribution is 2.15. The fourth-order valence-corrected chi connectivity index (χ4v) is 2.30. The van der Waals surface area contributed by atoms with Crippen LogP contribution in [-0.4, -0.2) is 6.04 Å². The van der Waals surface area contributed by atoms with E-state index in [0.717, 1.165) is 19.3 Å². The Morgan fingerprint density at radius 2 is 1.55 bits per heavy atom. The summed E-state index contributed by atoms with van der Waals surface area (Å²) >= 11 is 0. The van der Waals surface area contributed by atoms with Gasteiger partial charge >= 0.3 is 0 Å². The highest BCUT2D eigenvalue weighted by molar-refractivity contribution is 5.20. The summed E-state index contributed by atoms with van der Waals surface area (Å²) in [6.07, 6.45) is 2.85. The van der Waals surface area contributed by atoms with Gasteiger partial charge in [-0.3, -0.25) is 0 Å². The molecule has 0 aromatic heterocycles. The summed E-state index contributed by atoms with van der Waals surface area (Å²) < 4.78 is 27.0. The molecule has 1 atom stereocenters. The Labute approximate surface area is 118 Å². The molecule has 3 heteroatoms. The highest BCUT2D eigenvalue weighted by Gasteiger charge is 2.12. The summed E-state index contributed by atoms with van der Waals surface area (Å²) in [5.41, 5.74) is 7.33. The molecule has 0 saturated heterocycles. The third-order valence-corrected chi connectivity index (χ3v) is 3.41. The van der Waals surface area contributed by atoms with Crippen molar-refractivity contribution in [3.05, 3.63) is 71.3 Å². The van der Waals surface area contributed by atoms with Gasteiger partial charge in [-0.25, -0.2) is 8.78 Å². The molecular formula is C17H19F2N. The molecule has 2 aromatic rings. The fraction of sp³-hybridized carbons (Fsp3) is 0.294. The predicted octanol–water partition coefficient (Wildman–Crippen LogP) is 3.86. The van der Waals surface area contributed by atoms with Gasteiger partial charge in [0.25, 0.3) is 0 Å². The quantitative estimate of drug-likeness (QED) is 0.851. The number of hydrogen-bond acceptors (Lipinski definition) is 1. The van der Waals surface area contributed by atoms with Crippen molar-refractivity contribution in [3.63, 3.8) is 0 Å². The van der Waals surface area contributed by atoms with Gasteiger partial charge in [-0.05, 0) is 43.4 Å². The van der Waals surface area contributed by atoms with E-state index in [4.69, 9.17) is 5.73 Å². The van der Waals surface area contributed by atoms with Gasteiger partial charge < -0.3 is 5.73 Å². The van der Waals surface area contributed by atoms with Crippen LogP contribution in [-0.2, 0) is 12.8 Å². The monoisotopic (exact) mass is 275 g/mol. The number of benzene rings is 2. The smallest absolute Gasteiger partial charge is 0.129 e. The number of aryl methyl sites for hydroxylation is 1. The minimum absolute atomic E-state index is 0.0970. The first-order valence-electron chi connectivity index (χ1n) is 6.89. The van der Waals surface area contributed by atoms with Gasteiger partial charge in [-0.15, -0.1) is 0 Å². The van der Waals surface area contributed by atoms with Gasteiger partial charge in [0.1, 0.15) is 11.6 Å². The third kappa shape index (κ3) is 4.14. The van der Waals surface area contributed by atoms with E-state index in [1.54, 1.807) is 0 Å². The molecule has 0 bridgehead atoms. The molecule has 106 valence electrons. The lowest BCUT2D eigenvalue weighted by atomic mass is 9.99. The van der Waals surface area contributed by atoms with Crippen LogP contribution in [0, 0.1) is 11.6 Å². The van der Waals surface area contributed by atoms with Gasteiger partial charge in [0.05, 0.1) is 0 Å². The maximum atomic E-state index is 13.5. The Balaban J connectivity index is 1.82. The molecule has 1 unspecified atom stereocenters. The Morgan fingerprint density at radius 1 is 0.900 bits per heavy atom. The van der Waals surface area contributed by atoms with Crippen molar-refractivity contribution in [1.29, 1.82) is 0 Å². The topological polar surface area (TPSA) is 26.0 Å². The van der Waals surface area contributed by atoms with Crippen LogP contribution in [0.2, 0.25) is 0 Å². The summed E-state index contributed by atoms with van der Waals surface area (Å²) in [6, 6.07) is 13.8. The van der Waals surface area contributed by atoms with Gasteiger partial charge in [0.2, 0.25) is 0 Å². The lowest BCUT2D eigenvalue weighted by molar-refractivity contribution is 0.516. The first-order valence-corrected chi connectivity index (χ1v) is 6.89. The van der Waals surface area contributed by atoms with Crippen molar-refractivity contribution >= 4 is 0 Å². The molecule has 0 radical (unpaired) electrons. The molecule has 2 N–H and O–H groups in total. The van der Waals surface area contributed by atoms with Crippen LogP contribution in [0.15, 0.2) is 48.5 Å². The van der Waals surface area contributed by atoms with E-state index in [9.17, 15) is 8.78 Å². The lowest BCUT2D eigenvalue weighted by Gasteiger charge is -2.12. The number of rotatable bonds is 6. The maximum absolute atomic E-state index is 13.5. The van der Waals surface area contributed by atoms with E-state index in [0.29, 0.717) is 0 Å². The van der Waals surface area contributed by atoms with Crippen molar-refractivity contribution in [1.82, 2.24) is 0 Å². The SMILES string of the molecule is NC(CCCc1ccccc1)Cc1c(F)cccc1F. The van der Waals surface area contributed by atoms with E-state index in [1.807, 2.05) is 18.2 Å². The van der Waals surface area contributed by atoms with Crippen molar-refractivity contribution in [2.45, 2.75) is 31.7 Å². The third-order valence-electron chi connectivity index (χ3n) is 3.41. The second-order valence-electron chi connectivity index (χ2n) is 5.04. The highest BCUT2D eigenvalue weighted by atomic mass is 19.1. The van der Waals surface area contributed by atoms with Crippen LogP contribution >= 0.6 is 0 Å². The largest absolute Gasteiger partial charge is 0.327 e. The average molecular weight is 275 g/mol. The summed E-state index contributed by atoms with van der Waals surface area (Å²) in [5.74, 6) is -1.02. The first kappa shape index (κ1) is 14.7. The van der Waals surface area contributed by atoms with Crippen molar-refractivity contribution in [2.24, 2.45) is 5.73 Å². The summed E-state index contributed by atoms with van der Waals surface area (Å²) in [7, 11) is 0. The molecule has 2 rings (SSSR count). The van der Waals surface area contributed by atoms with Crippen LogP contribution in [0.4, 0.5) is 8.78 Å². The fourth-order valence-electron chi connectivity index (χ4n) is 2.30. The zero-order chi connectivity index (χ0) is 14.4.